The summed E-state index contributed by atoms with van der Waals surface area (Å²) in [5, 5.41) is 3.31. The summed E-state index contributed by atoms with van der Waals surface area (Å²) in [7, 11) is -0.733. The Balaban J connectivity index is 1.70. The number of amides is 1. The van der Waals surface area contributed by atoms with Gasteiger partial charge in [-0.2, -0.15) is 0 Å². The third-order valence-corrected chi connectivity index (χ3v) is 5.82. The number of benzene rings is 1. The van der Waals surface area contributed by atoms with E-state index in [1.165, 1.54) is 0 Å². The molecule has 2 aromatic rings. The van der Waals surface area contributed by atoms with E-state index in [0.29, 0.717) is 29.0 Å². The molecule has 2 N–H and O–H groups in total. The van der Waals surface area contributed by atoms with Crippen LogP contribution in [0.1, 0.15) is 24.5 Å². The Labute approximate surface area is 148 Å². The molecule has 1 saturated heterocycles. The fourth-order valence-corrected chi connectivity index (χ4v) is 3.98. The van der Waals surface area contributed by atoms with Crippen molar-refractivity contribution in [2.75, 3.05) is 31.1 Å². The van der Waals surface area contributed by atoms with E-state index < -0.39 is 16.7 Å². The van der Waals surface area contributed by atoms with Gasteiger partial charge in [0.25, 0.3) is 11.5 Å². The Bertz CT molecular complexity index is 868. The molecule has 1 aromatic heterocycles. The van der Waals surface area contributed by atoms with Crippen LogP contribution in [0.5, 0.6) is 0 Å². The molecule has 1 amide bonds. The average molecular weight is 362 g/mol. The molecule has 0 atom stereocenters. The number of nitrogens with one attached hydrogen (secondary N) is 2. The van der Waals surface area contributed by atoms with Crippen LogP contribution in [0.3, 0.4) is 0 Å². The summed E-state index contributed by atoms with van der Waals surface area (Å²) in [6.45, 7) is 5.99. The van der Waals surface area contributed by atoms with Crippen LogP contribution in [-0.2, 0) is 10.8 Å². The standard InChI is InChI=1S/C17H22N4O3S/c1-17(2,21-7-9-25(24)10-8-21)11-18-16(23)14-19-13-6-4-3-5-12(13)15(22)20-14/h3-6H,7-11H2,1-2H3,(H,18,23)(H,19,20,22). The van der Waals surface area contributed by atoms with Gasteiger partial charge in [-0.05, 0) is 26.0 Å². The monoisotopic (exact) mass is 362 g/mol. The van der Waals surface area contributed by atoms with Gasteiger partial charge in [-0.15, -0.1) is 0 Å². The van der Waals surface area contributed by atoms with Crippen molar-refractivity contribution in [1.82, 2.24) is 20.2 Å². The maximum Gasteiger partial charge on any atom is 0.287 e. The number of carbonyl (C=O) groups is 1. The Morgan fingerprint density at radius 2 is 2.00 bits per heavy atom. The SMILES string of the molecule is CC(C)(CNC(=O)c1nc2ccccc2c(=O)[nH]1)N1CCS(=O)CC1. The summed E-state index contributed by atoms with van der Waals surface area (Å²) >= 11 is 0. The Hall–Kier alpha value is -2.06. The first kappa shape index (κ1) is 17.8. The molecule has 0 spiro atoms. The van der Waals surface area contributed by atoms with Gasteiger partial charge in [0.05, 0.1) is 10.9 Å². The first-order valence-electron chi connectivity index (χ1n) is 8.24. The van der Waals surface area contributed by atoms with Gasteiger partial charge in [0.15, 0.2) is 5.82 Å². The molecule has 8 heteroatoms. The van der Waals surface area contributed by atoms with Crippen molar-refractivity contribution in [2.24, 2.45) is 0 Å². The summed E-state index contributed by atoms with van der Waals surface area (Å²) < 4.78 is 11.5. The minimum Gasteiger partial charge on any atom is -0.348 e. The van der Waals surface area contributed by atoms with E-state index in [1.807, 2.05) is 13.8 Å². The van der Waals surface area contributed by atoms with E-state index in [-0.39, 0.29) is 16.9 Å². The summed E-state index contributed by atoms with van der Waals surface area (Å²) in [4.78, 5) is 33.5. The van der Waals surface area contributed by atoms with E-state index in [9.17, 15) is 13.8 Å². The normalized spacial score (nSPS) is 16.9. The van der Waals surface area contributed by atoms with E-state index in [1.54, 1.807) is 24.3 Å². The number of para-hydroxylation sites is 1. The number of aromatic amines is 1. The van der Waals surface area contributed by atoms with Crippen LogP contribution < -0.4 is 10.9 Å². The lowest BCUT2D eigenvalue weighted by atomic mass is 10.0. The molecule has 3 rings (SSSR count). The largest absolute Gasteiger partial charge is 0.348 e. The number of nitrogens with zero attached hydrogens (tertiary/aromatic N) is 2. The second-order valence-corrected chi connectivity index (χ2v) is 8.46. The van der Waals surface area contributed by atoms with Gasteiger partial charge in [0, 0.05) is 47.5 Å². The lowest BCUT2D eigenvalue weighted by molar-refractivity contribution is 0.0873. The topological polar surface area (TPSA) is 95.2 Å². The van der Waals surface area contributed by atoms with Gasteiger partial charge >= 0.3 is 0 Å². The highest BCUT2D eigenvalue weighted by atomic mass is 32.2. The minimum absolute atomic E-state index is 0.0132. The van der Waals surface area contributed by atoms with Crippen LogP contribution in [-0.4, -0.2) is 61.7 Å². The van der Waals surface area contributed by atoms with Gasteiger partial charge in [-0.1, -0.05) is 12.1 Å². The molecule has 1 aromatic carbocycles. The van der Waals surface area contributed by atoms with Crippen molar-refractivity contribution in [3.05, 3.63) is 40.4 Å². The molecular weight excluding hydrogens is 340 g/mol. The van der Waals surface area contributed by atoms with Gasteiger partial charge in [-0.3, -0.25) is 18.7 Å². The number of carbonyl (C=O) groups excluding carboxylic acids is 1. The smallest absolute Gasteiger partial charge is 0.287 e. The molecule has 25 heavy (non-hydrogen) atoms. The summed E-state index contributed by atoms with van der Waals surface area (Å²) in [5.74, 6) is 0.934. The highest BCUT2D eigenvalue weighted by Gasteiger charge is 2.30. The second kappa shape index (κ2) is 7.05. The molecule has 0 saturated carbocycles. The van der Waals surface area contributed by atoms with E-state index >= 15 is 0 Å². The lowest BCUT2D eigenvalue weighted by Crippen LogP contribution is -2.55. The highest BCUT2D eigenvalue weighted by Crippen LogP contribution is 2.16. The fourth-order valence-electron chi connectivity index (χ4n) is 2.93. The lowest BCUT2D eigenvalue weighted by Gasteiger charge is -2.40. The van der Waals surface area contributed by atoms with Crippen LogP contribution in [0, 0.1) is 0 Å². The van der Waals surface area contributed by atoms with Crippen molar-refractivity contribution in [3.8, 4) is 0 Å². The average Bonchev–Trinajstić information content (AvgIpc) is 2.60. The van der Waals surface area contributed by atoms with Gasteiger partial charge < -0.3 is 10.3 Å². The number of hydrogen-bond donors (Lipinski definition) is 2. The van der Waals surface area contributed by atoms with E-state index in [4.69, 9.17) is 0 Å². The fraction of sp³-hybridized carbons (Fsp3) is 0.471. The third-order valence-electron chi connectivity index (χ3n) is 4.54. The molecule has 1 aliphatic heterocycles. The molecule has 0 radical (unpaired) electrons. The van der Waals surface area contributed by atoms with Crippen molar-refractivity contribution < 1.29 is 9.00 Å². The van der Waals surface area contributed by atoms with Crippen molar-refractivity contribution in [3.63, 3.8) is 0 Å². The van der Waals surface area contributed by atoms with Crippen LogP contribution in [0.15, 0.2) is 29.1 Å². The van der Waals surface area contributed by atoms with Crippen molar-refractivity contribution in [1.29, 1.82) is 0 Å². The maximum atomic E-state index is 12.4. The molecule has 0 aliphatic carbocycles. The molecule has 134 valence electrons. The summed E-state index contributed by atoms with van der Waals surface area (Å²) in [5.41, 5.74) is -0.0973. The van der Waals surface area contributed by atoms with Crippen molar-refractivity contribution >= 4 is 27.6 Å². The molecule has 0 unspecified atom stereocenters. The third kappa shape index (κ3) is 3.96. The number of fused-ring (bicyclic) bond motifs is 1. The van der Waals surface area contributed by atoms with Crippen molar-refractivity contribution in [2.45, 2.75) is 19.4 Å². The zero-order valence-electron chi connectivity index (χ0n) is 14.4. The van der Waals surface area contributed by atoms with Crippen LogP contribution >= 0.6 is 0 Å². The Morgan fingerprint density at radius 3 is 2.72 bits per heavy atom. The molecule has 0 bridgehead atoms. The zero-order valence-corrected chi connectivity index (χ0v) is 15.2. The number of hydrogen-bond acceptors (Lipinski definition) is 5. The second-order valence-electron chi connectivity index (χ2n) is 6.76. The molecule has 7 nitrogen and oxygen atoms in total. The molecular formula is C17H22N4O3S. The number of rotatable bonds is 4. The summed E-state index contributed by atoms with van der Waals surface area (Å²) in [6.07, 6.45) is 0. The minimum atomic E-state index is -0.733. The van der Waals surface area contributed by atoms with Gasteiger partial charge in [-0.25, -0.2) is 4.98 Å². The zero-order chi connectivity index (χ0) is 18.0. The molecule has 2 heterocycles. The van der Waals surface area contributed by atoms with E-state index in [0.717, 1.165) is 13.1 Å². The maximum absolute atomic E-state index is 12.4. The quantitative estimate of drug-likeness (QED) is 0.826. The van der Waals surface area contributed by atoms with Gasteiger partial charge in [0.1, 0.15) is 0 Å². The Kier molecular flexibility index (Phi) is 5.01. The van der Waals surface area contributed by atoms with Gasteiger partial charge in [0.2, 0.25) is 0 Å². The van der Waals surface area contributed by atoms with Crippen LogP contribution in [0.2, 0.25) is 0 Å². The summed E-state index contributed by atoms with van der Waals surface area (Å²) in [6, 6.07) is 6.92. The molecule has 1 fully saturated rings. The predicted molar refractivity (Wildman–Crippen MR) is 98.2 cm³/mol. The van der Waals surface area contributed by atoms with Crippen LogP contribution in [0.25, 0.3) is 10.9 Å². The predicted octanol–water partition coefficient (Wildman–Crippen LogP) is 0.496. The first-order valence-corrected chi connectivity index (χ1v) is 9.73. The first-order chi connectivity index (χ1) is 11.9. The van der Waals surface area contributed by atoms with Crippen LogP contribution in [0.4, 0.5) is 0 Å². The molecule has 1 aliphatic rings. The number of aromatic nitrogens is 2. The number of H-pyrrole nitrogens is 1. The Morgan fingerprint density at radius 1 is 1.32 bits per heavy atom. The van der Waals surface area contributed by atoms with E-state index in [2.05, 4.69) is 20.2 Å². The highest BCUT2D eigenvalue weighted by molar-refractivity contribution is 7.85.